The van der Waals surface area contributed by atoms with Crippen molar-refractivity contribution in [2.75, 3.05) is 13.1 Å². The average molecular weight is 556 g/mol. The van der Waals surface area contributed by atoms with Gasteiger partial charge in [-0.3, -0.25) is 9.59 Å². The number of carbonyl (C=O) groups is 2. The molecule has 1 aliphatic rings. The number of nitrogens with zero attached hydrogens (tertiary/aromatic N) is 3. The lowest BCUT2D eigenvalue weighted by Crippen LogP contribution is -2.39. The number of alkyl halides is 3. The fourth-order valence-electron chi connectivity index (χ4n) is 4.43. The summed E-state index contributed by atoms with van der Waals surface area (Å²) in [6.07, 6.45) is -2.03. The Hall–Kier alpha value is -4.19. The zero-order chi connectivity index (χ0) is 27.6. The molecule has 2 aromatic heterocycles. The first-order valence-electron chi connectivity index (χ1n) is 12.3. The van der Waals surface area contributed by atoms with Crippen LogP contribution in [0.5, 0.6) is 5.75 Å². The lowest BCUT2D eigenvalue weighted by molar-refractivity contribution is -0.141. The van der Waals surface area contributed by atoms with Crippen LogP contribution in [0.2, 0.25) is 0 Å². The van der Waals surface area contributed by atoms with Gasteiger partial charge in [0.05, 0.1) is 22.5 Å². The van der Waals surface area contributed by atoms with Gasteiger partial charge in [0.25, 0.3) is 5.91 Å². The number of fused-ring (bicyclic) bond motifs is 1. The molecule has 0 radical (unpaired) electrons. The molecule has 8 nitrogen and oxygen atoms in total. The number of nitrogens with one attached hydrogen (secondary N) is 2. The Labute approximate surface area is 225 Å². The maximum absolute atomic E-state index is 13.5. The SMILES string of the molecule is O=C(NCCNC(=O)C1CCc2nc(-c3ccccc3O)sc2C1)c1cn(-c2ccccc2)nc1C(F)(F)F. The standard InChI is InChI=1S/C27H24F3N5O3S/c28-27(29,30)23-19(15-35(34-23)17-6-2-1-3-7-17)25(38)32-13-12-31-24(37)16-10-11-20-22(14-16)39-26(33-20)18-8-4-5-9-21(18)36/h1-9,15-16,36H,10-14H2,(H,31,37)(H,32,38). The quantitative estimate of drug-likeness (QED) is 0.294. The number of rotatable bonds is 7. The molecule has 1 unspecified atom stereocenters. The summed E-state index contributed by atoms with van der Waals surface area (Å²) < 4.78 is 41.6. The van der Waals surface area contributed by atoms with Crippen LogP contribution < -0.4 is 10.6 Å². The summed E-state index contributed by atoms with van der Waals surface area (Å²) in [5.74, 6) is -1.26. The smallest absolute Gasteiger partial charge is 0.435 e. The van der Waals surface area contributed by atoms with E-state index in [0.717, 1.165) is 21.4 Å². The molecule has 2 aromatic carbocycles. The minimum Gasteiger partial charge on any atom is -0.507 e. The van der Waals surface area contributed by atoms with E-state index in [0.29, 0.717) is 35.5 Å². The second-order valence-corrected chi connectivity index (χ2v) is 10.1. The lowest BCUT2D eigenvalue weighted by Gasteiger charge is -2.20. The Morgan fingerprint density at radius 2 is 1.77 bits per heavy atom. The van der Waals surface area contributed by atoms with E-state index in [9.17, 15) is 27.9 Å². The number of amides is 2. The molecule has 2 amide bonds. The van der Waals surface area contributed by atoms with Crippen LogP contribution >= 0.6 is 11.3 Å². The van der Waals surface area contributed by atoms with Gasteiger partial charge in [-0.2, -0.15) is 18.3 Å². The maximum Gasteiger partial charge on any atom is 0.435 e. The molecule has 1 atom stereocenters. The van der Waals surface area contributed by atoms with Gasteiger partial charge in [-0.1, -0.05) is 30.3 Å². The van der Waals surface area contributed by atoms with E-state index in [1.54, 1.807) is 48.5 Å². The molecule has 12 heteroatoms. The number of phenols is 1. The van der Waals surface area contributed by atoms with Gasteiger partial charge < -0.3 is 15.7 Å². The van der Waals surface area contributed by atoms with Crippen LogP contribution in [-0.4, -0.2) is 44.8 Å². The molecule has 0 bridgehead atoms. The number of carbonyl (C=O) groups excluding carboxylic acids is 2. The number of thiazole rings is 1. The number of benzene rings is 2. The number of aromatic nitrogens is 3. The van der Waals surface area contributed by atoms with E-state index in [-0.39, 0.29) is 30.7 Å². The van der Waals surface area contributed by atoms with Gasteiger partial charge in [-0.25, -0.2) is 9.67 Å². The van der Waals surface area contributed by atoms with E-state index in [2.05, 4.69) is 20.7 Å². The minimum atomic E-state index is -4.81. The van der Waals surface area contributed by atoms with Crippen LogP contribution in [0.4, 0.5) is 13.2 Å². The molecular formula is C27H24F3N5O3S. The van der Waals surface area contributed by atoms with Crippen LogP contribution in [0, 0.1) is 5.92 Å². The van der Waals surface area contributed by atoms with E-state index in [1.165, 1.54) is 11.3 Å². The Morgan fingerprint density at radius 3 is 2.51 bits per heavy atom. The fraction of sp³-hybridized carbons (Fsp3) is 0.259. The number of aryl methyl sites for hydroxylation is 1. The highest BCUT2D eigenvalue weighted by Gasteiger charge is 2.39. The first-order chi connectivity index (χ1) is 18.7. The highest BCUT2D eigenvalue weighted by atomic mass is 32.1. The van der Waals surface area contributed by atoms with Crippen LogP contribution in [-0.2, 0) is 23.8 Å². The van der Waals surface area contributed by atoms with E-state index < -0.39 is 23.3 Å². The summed E-state index contributed by atoms with van der Waals surface area (Å²) in [5.41, 5.74) is 0.0860. The van der Waals surface area contributed by atoms with Gasteiger partial charge in [0.2, 0.25) is 5.91 Å². The topological polar surface area (TPSA) is 109 Å². The summed E-state index contributed by atoms with van der Waals surface area (Å²) in [4.78, 5) is 31.0. The molecule has 0 aliphatic heterocycles. The summed E-state index contributed by atoms with van der Waals surface area (Å²) in [7, 11) is 0. The Morgan fingerprint density at radius 1 is 1.05 bits per heavy atom. The highest BCUT2D eigenvalue weighted by Crippen LogP contribution is 2.37. The van der Waals surface area contributed by atoms with Gasteiger partial charge in [0.1, 0.15) is 10.8 Å². The third-order valence-electron chi connectivity index (χ3n) is 6.40. The van der Waals surface area contributed by atoms with Crippen molar-refractivity contribution in [3.63, 3.8) is 0 Å². The predicted molar refractivity (Wildman–Crippen MR) is 139 cm³/mol. The fourth-order valence-corrected chi connectivity index (χ4v) is 5.65. The summed E-state index contributed by atoms with van der Waals surface area (Å²) in [6, 6.07) is 15.1. The Balaban J connectivity index is 1.16. The number of hydrogen-bond acceptors (Lipinski definition) is 6. The average Bonchev–Trinajstić information content (AvgIpc) is 3.56. The van der Waals surface area contributed by atoms with Gasteiger partial charge >= 0.3 is 6.18 Å². The van der Waals surface area contributed by atoms with Crippen LogP contribution in [0.3, 0.4) is 0 Å². The summed E-state index contributed by atoms with van der Waals surface area (Å²) >= 11 is 1.45. The number of phenolic OH excluding ortho intramolecular Hbond substituents is 1. The molecule has 0 saturated carbocycles. The molecule has 2 heterocycles. The number of hydrogen-bond donors (Lipinski definition) is 3. The third-order valence-corrected chi connectivity index (χ3v) is 7.56. The summed E-state index contributed by atoms with van der Waals surface area (Å²) in [5, 5.41) is 19.6. The predicted octanol–water partition coefficient (Wildman–Crippen LogP) is 4.37. The molecule has 4 aromatic rings. The van der Waals surface area contributed by atoms with E-state index >= 15 is 0 Å². The first kappa shape index (κ1) is 26.4. The molecule has 5 rings (SSSR count). The molecule has 202 valence electrons. The minimum absolute atomic E-state index is 0.0473. The van der Waals surface area contributed by atoms with E-state index in [1.807, 2.05) is 6.07 Å². The van der Waals surface area contributed by atoms with Gasteiger partial charge in [-0.15, -0.1) is 11.3 Å². The Bertz CT molecular complexity index is 1500. The van der Waals surface area contributed by atoms with Crippen LogP contribution in [0.25, 0.3) is 16.3 Å². The van der Waals surface area contributed by atoms with E-state index in [4.69, 9.17) is 0 Å². The monoisotopic (exact) mass is 555 g/mol. The third kappa shape index (κ3) is 5.80. The van der Waals surface area contributed by atoms with Crippen molar-refractivity contribution in [1.29, 1.82) is 0 Å². The summed E-state index contributed by atoms with van der Waals surface area (Å²) in [6.45, 7) is 0.0162. The molecule has 39 heavy (non-hydrogen) atoms. The highest BCUT2D eigenvalue weighted by molar-refractivity contribution is 7.15. The van der Waals surface area contributed by atoms with Crippen molar-refractivity contribution < 1.29 is 27.9 Å². The van der Waals surface area contributed by atoms with Crippen molar-refractivity contribution >= 4 is 23.2 Å². The maximum atomic E-state index is 13.5. The van der Waals surface area contributed by atoms with Crippen molar-refractivity contribution in [1.82, 2.24) is 25.4 Å². The first-order valence-corrected chi connectivity index (χ1v) is 13.1. The van der Waals surface area contributed by atoms with Gasteiger partial charge in [0, 0.05) is 30.1 Å². The van der Waals surface area contributed by atoms with Gasteiger partial charge in [-0.05, 0) is 43.5 Å². The normalized spacial score (nSPS) is 15.0. The lowest BCUT2D eigenvalue weighted by atomic mass is 9.90. The molecular weight excluding hydrogens is 531 g/mol. The zero-order valence-electron chi connectivity index (χ0n) is 20.5. The van der Waals surface area contributed by atoms with Crippen LogP contribution in [0.15, 0.2) is 60.8 Å². The van der Waals surface area contributed by atoms with Crippen molar-refractivity contribution in [2.24, 2.45) is 5.92 Å². The molecule has 3 N–H and O–H groups in total. The van der Waals surface area contributed by atoms with Gasteiger partial charge in [0.15, 0.2) is 5.69 Å². The largest absolute Gasteiger partial charge is 0.507 e. The number of aromatic hydroxyl groups is 1. The van der Waals surface area contributed by atoms with Crippen molar-refractivity contribution in [2.45, 2.75) is 25.4 Å². The number of para-hydroxylation sites is 2. The van der Waals surface area contributed by atoms with Crippen molar-refractivity contribution in [3.8, 4) is 22.0 Å². The Kier molecular flexibility index (Phi) is 7.38. The molecule has 0 spiro atoms. The van der Waals surface area contributed by atoms with Crippen molar-refractivity contribution in [3.05, 3.63) is 82.6 Å². The molecule has 0 fully saturated rings. The molecule has 0 saturated heterocycles. The molecule has 1 aliphatic carbocycles. The second kappa shape index (κ2) is 10.9. The number of halogens is 3. The van der Waals surface area contributed by atoms with Crippen LogP contribution in [0.1, 0.15) is 33.0 Å². The zero-order valence-corrected chi connectivity index (χ0v) is 21.4. The second-order valence-electron chi connectivity index (χ2n) is 9.06.